The first-order valence-corrected chi connectivity index (χ1v) is 20.0. The molecule has 0 atom stereocenters. The summed E-state index contributed by atoms with van der Waals surface area (Å²) in [7, 11) is 0. The van der Waals surface area contributed by atoms with E-state index in [1.165, 1.54) is 88.5 Å². The minimum atomic E-state index is -0.0331. The predicted octanol–water partition coefficient (Wildman–Crippen LogP) is 14.7. The highest BCUT2D eigenvalue weighted by Gasteiger charge is 2.35. The Hall–Kier alpha value is -6.90. The zero-order valence-electron chi connectivity index (χ0n) is 32.7. The summed E-state index contributed by atoms with van der Waals surface area (Å²) >= 11 is 0. The second-order valence-corrected chi connectivity index (χ2v) is 15.7. The van der Waals surface area contributed by atoms with Crippen molar-refractivity contribution in [2.24, 2.45) is 0 Å². The van der Waals surface area contributed by atoms with Crippen LogP contribution in [0.25, 0.3) is 66.1 Å². The maximum absolute atomic E-state index is 2.44. The van der Waals surface area contributed by atoms with Gasteiger partial charge in [-0.15, -0.1) is 0 Å². The quantitative estimate of drug-likeness (QED) is 0.141. The molecule has 0 N–H and O–H groups in total. The Kier molecular flexibility index (Phi) is 8.49. The number of hydrogen-bond donors (Lipinski definition) is 0. The van der Waals surface area contributed by atoms with Crippen molar-refractivity contribution in [1.29, 1.82) is 0 Å². The molecule has 1 aliphatic rings. The van der Waals surface area contributed by atoms with Crippen LogP contribution in [0.15, 0.2) is 200 Å². The van der Waals surface area contributed by atoms with E-state index in [2.05, 4.69) is 230 Å². The predicted molar refractivity (Wildman–Crippen MR) is 244 cm³/mol. The number of fused-ring (bicyclic) bond motifs is 7. The van der Waals surface area contributed by atoms with Gasteiger partial charge in [0, 0.05) is 45.2 Å². The summed E-state index contributed by atoms with van der Waals surface area (Å²) in [6.45, 7) is 7.56. The Morgan fingerprint density at radius 1 is 0.561 bits per heavy atom. The van der Waals surface area contributed by atoms with Gasteiger partial charge in [0.2, 0.25) is 0 Å². The van der Waals surface area contributed by atoms with E-state index >= 15 is 0 Å². The molecule has 0 unspecified atom stereocenters. The molecule has 0 fully saturated rings. The van der Waals surface area contributed by atoms with Gasteiger partial charge < -0.3 is 9.47 Å². The van der Waals surface area contributed by atoms with Gasteiger partial charge in [-0.25, -0.2) is 0 Å². The number of para-hydroxylation sites is 2. The summed E-state index contributed by atoms with van der Waals surface area (Å²) in [5, 5.41) is 5.00. The molecule has 0 bridgehead atoms. The monoisotopic (exact) mass is 732 g/mol. The summed E-state index contributed by atoms with van der Waals surface area (Å²) in [5.41, 5.74) is 16.3. The van der Waals surface area contributed by atoms with Crippen molar-refractivity contribution in [3.8, 4) is 27.9 Å². The van der Waals surface area contributed by atoms with Gasteiger partial charge in [-0.3, -0.25) is 0 Å². The molecular formula is C55H44N2. The molecule has 2 nitrogen and oxygen atoms in total. The molecule has 0 aliphatic heterocycles. The number of anilines is 2. The Labute approximate surface area is 335 Å². The normalized spacial score (nSPS) is 13.4. The van der Waals surface area contributed by atoms with Gasteiger partial charge in [0.1, 0.15) is 0 Å². The van der Waals surface area contributed by atoms with Crippen molar-refractivity contribution in [2.45, 2.75) is 26.2 Å². The number of nitrogens with zero attached hydrogens (tertiary/aromatic N) is 2. The first kappa shape index (κ1) is 34.6. The average molecular weight is 733 g/mol. The highest BCUT2D eigenvalue weighted by molar-refractivity contribution is 6.10. The van der Waals surface area contributed by atoms with Crippen LogP contribution in [0.5, 0.6) is 0 Å². The van der Waals surface area contributed by atoms with Crippen LogP contribution in [0.2, 0.25) is 0 Å². The van der Waals surface area contributed by atoms with E-state index in [9.17, 15) is 0 Å². The Bertz CT molecular complexity index is 3010. The molecule has 0 saturated heterocycles. The zero-order chi connectivity index (χ0) is 38.5. The van der Waals surface area contributed by atoms with Gasteiger partial charge in [-0.1, -0.05) is 159 Å². The fourth-order valence-electron chi connectivity index (χ4n) is 9.16. The highest BCUT2D eigenvalue weighted by atomic mass is 15.1. The van der Waals surface area contributed by atoms with Crippen molar-refractivity contribution in [3.63, 3.8) is 0 Å². The molecule has 0 radical (unpaired) electrons. The van der Waals surface area contributed by atoms with E-state index < -0.39 is 0 Å². The lowest BCUT2D eigenvalue weighted by Crippen LogP contribution is -2.17. The van der Waals surface area contributed by atoms with E-state index in [4.69, 9.17) is 0 Å². The van der Waals surface area contributed by atoms with Gasteiger partial charge in [0.15, 0.2) is 0 Å². The van der Waals surface area contributed by atoms with Crippen molar-refractivity contribution < 1.29 is 0 Å². The van der Waals surface area contributed by atoms with Crippen molar-refractivity contribution in [2.75, 3.05) is 11.4 Å². The van der Waals surface area contributed by atoms with Crippen LogP contribution in [0.4, 0.5) is 11.4 Å². The van der Waals surface area contributed by atoms with E-state index in [1.807, 2.05) is 0 Å². The third kappa shape index (κ3) is 5.88. The number of hydrogen-bond acceptors (Lipinski definition) is 1. The summed E-state index contributed by atoms with van der Waals surface area (Å²) in [6.07, 6.45) is 6.84. The molecule has 274 valence electrons. The fourth-order valence-corrected chi connectivity index (χ4v) is 9.16. The van der Waals surface area contributed by atoms with Gasteiger partial charge in [-0.2, -0.15) is 0 Å². The summed E-state index contributed by atoms with van der Waals surface area (Å²) in [5.74, 6) is 0. The van der Waals surface area contributed by atoms with Crippen LogP contribution >= 0.6 is 0 Å². The lowest BCUT2D eigenvalue weighted by atomic mass is 9.81. The third-order valence-corrected chi connectivity index (χ3v) is 12.1. The SMILES string of the molecule is C/C=C(\C=C/CN(c1ccc(-c2ccc3c(c2)c2ccccc2n3-c2ccccc2)cc1)c1cccc2ccccc12)c1ccc2c(c1)C(C)(C)c1ccccc1-2. The molecule has 9 aromatic rings. The number of allylic oxidation sites excluding steroid dienone is 3. The van der Waals surface area contributed by atoms with E-state index in [0.29, 0.717) is 0 Å². The van der Waals surface area contributed by atoms with Gasteiger partial charge in [-0.05, 0) is 111 Å². The van der Waals surface area contributed by atoms with Crippen LogP contribution in [-0.2, 0) is 5.41 Å². The molecule has 1 heterocycles. The maximum Gasteiger partial charge on any atom is 0.0541 e. The van der Waals surface area contributed by atoms with Crippen LogP contribution in [0.3, 0.4) is 0 Å². The minimum absolute atomic E-state index is 0.0331. The summed E-state index contributed by atoms with van der Waals surface area (Å²) in [4.78, 5) is 2.44. The largest absolute Gasteiger partial charge is 0.337 e. The maximum atomic E-state index is 2.44. The molecule has 1 aromatic heterocycles. The molecule has 0 spiro atoms. The van der Waals surface area contributed by atoms with E-state index in [-0.39, 0.29) is 5.41 Å². The van der Waals surface area contributed by atoms with Crippen LogP contribution in [0, 0.1) is 0 Å². The topological polar surface area (TPSA) is 8.17 Å². The van der Waals surface area contributed by atoms with Crippen molar-refractivity contribution in [1.82, 2.24) is 4.57 Å². The zero-order valence-corrected chi connectivity index (χ0v) is 32.7. The summed E-state index contributed by atoms with van der Waals surface area (Å²) in [6, 6.07) is 66.6. The summed E-state index contributed by atoms with van der Waals surface area (Å²) < 4.78 is 2.37. The van der Waals surface area contributed by atoms with E-state index in [1.54, 1.807) is 0 Å². The number of benzene rings is 8. The molecule has 8 aromatic carbocycles. The molecule has 10 rings (SSSR count). The molecule has 57 heavy (non-hydrogen) atoms. The van der Waals surface area contributed by atoms with Gasteiger partial charge >= 0.3 is 0 Å². The number of rotatable bonds is 8. The van der Waals surface area contributed by atoms with Crippen molar-refractivity contribution in [3.05, 3.63) is 217 Å². The van der Waals surface area contributed by atoms with Crippen LogP contribution < -0.4 is 4.90 Å². The first-order chi connectivity index (χ1) is 28.0. The van der Waals surface area contributed by atoms with Crippen LogP contribution in [-0.4, -0.2) is 11.1 Å². The molecule has 1 aliphatic carbocycles. The Morgan fingerprint density at radius 3 is 2.09 bits per heavy atom. The lowest BCUT2D eigenvalue weighted by Gasteiger charge is -2.26. The Balaban J connectivity index is 0.990. The lowest BCUT2D eigenvalue weighted by molar-refractivity contribution is 0.660. The standard InChI is InChI=1S/C55H44N2/c1-4-38(42-29-33-47-46-22-10-12-24-50(46)55(2,3)51(47)37-42)18-15-35-56(52-26-14-17-40-16-8-9-21-45(40)52)43-31-27-39(28-32-43)41-30-34-54-49(36-41)48-23-11-13-25-53(48)57(54)44-19-6-5-7-20-44/h4-34,36-37H,35H2,1-3H3/b18-15-,38-4+. The molecule has 2 heteroatoms. The number of aromatic nitrogens is 1. The minimum Gasteiger partial charge on any atom is -0.337 e. The van der Waals surface area contributed by atoms with Gasteiger partial charge in [0.25, 0.3) is 0 Å². The fraction of sp³-hybridized carbons (Fsp3) is 0.0909. The van der Waals surface area contributed by atoms with Crippen LogP contribution in [0.1, 0.15) is 37.5 Å². The molecule has 0 saturated carbocycles. The first-order valence-electron chi connectivity index (χ1n) is 20.0. The van der Waals surface area contributed by atoms with Crippen molar-refractivity contribution >= 4 is 49.5 Å². The second-order valence-electron chi connectivity index (χ2n) is 15.7. The average Bonchev–Trinajstić information content (AvgIpc) is 3.72. The molecular weight excluding hydrogens is 689 g/mol. The van der Waals surface area contributed by atoms with E-state index in [0.717, 1.165) is 12.2 Å². The third-order valence-electron chi connectivity index (χ3n) is 12.1. The molecule has 0 amide bonds. The van der Waals surface area contributed by atoms with Gasteiger partial charge in [0.05, 0.1) is 11.0 Å². The highest BCUT2D eigenvalue weighted by Crippen LogP contribution is 2.49. The second kappa shape index (κ2) is 14.0. The Morgan fingerprint density at radius 2 is 1.25 bits per heavy atom. The smallest absolute Gasteiger partial charge is 0.0541 e.